The van der Waals surface area contributed by atoms with Crippen LogP contribution < -0.4 is 4.90 Å². The first-order valence-corrected chi connectivity index (χ1v) is 20.3. The van der Waals surface area contributed by atoms with Gasteiger partial charge in [-0.15, -0.1) is 0 Å². The highest BCUT2D eigenvalue weighted by molar-refractivity contribution is 6.22. The van der Waals surface area contributed by atoms with Crippen molar-refractivity contribution in [1.82, 2.24) is 0 Å². The van der Waals surface area contributed by atoms with Gasteiger partial charge < -0.3 is 4.90 Å². The van der Waals surface area contributed by atoms with E-state index < -0.39 is 0 Å². The van der Waals surface area contributed by atoms with Gasteiger partial charge in [0.25, 0.3) is 0 Å². The molecule has 11 aromatic carbocycles. The van der Waals surface area contributed by atoms with Gasteiger partial charge in [0.2, 0.25) is 0 Å². The average molecular weight is 750 g/mol. The maximum absolute atomic E-state index is 2.41. The number of benzene rings is 11. The Kier molecular flexibility index (Phi) is 8.56. The van der Waals surface area contributed by atoms with E-state index in [0.29, 0.717) is 0 Å². The second-order valence-electron chi connectivity index (χ2n) is 15.2. The van der Waals surface area contributed by atoms with Crippen LogP contribution in [0.3, 0.4) is 0 Å². The quantitative estimate of drug-likeness (QED) is 0.147. The molecule has 11 rings (SSSR count). The van der Waals surface area contributed by atoms with Gasteiger partial charge in [0.05, 0.1) is 0 Å². The highest BCUT2D eigenvalue weighted by Gasteiger charge is 2.21. The second-order valence-corrected chi connectivity index (χ2v) is 15.2. The van der Waals surface area contributed by atoms with Crippen molar-refractivity contribution in [3.8, 4) is 44.5 Å². The molecule has 0 N–H and O–H groups in total. The molecule has 0 heterocycles. The SMILES string of the molecule is c1ccc(-c2c(-c3ccccc3)c3cc(N(c4ccc(-c5cccc6ccccc56)cc4)c4ccc(-c5cccc6ccccc56)cc4)ccc3c3ccccc23)cc1. The van der Waals surface area contributed by atoms with Crippen LogP contribution in [0.25, 0.3) is 87.6 Å². The predicted octanol–water partition coefficient (Wildman–Crippen LogP) is 16.4. The van der Waals surface area contributed by atoms with Crippen LogP contribution in [0.4, 0.5) is 17.1 Å². The molecule has 0 saturated heterocycles. The van der Waals surface area contributed by atoms with Gasteiger partial charge in [0, 0.05) is 17.1 Å². The summed E-state index contributed by atoms with van der Waals surface area (Å²) in [6, 6.07) is 86.3. The molecule has 0 bridgehead atoms. The van der Waals surface area contributed by atoms with Crippen LogP contribution in [0.5, 0.6) is 0 Å². The average Bonchev–Trinajstić information content (AvgIpc) is 3.32. The second kappa shape index (κ2) is 14.6. The van der Waals surface area contributed by atoms with E-state index in [2.05, 4.69) is 241 Å². The molecule has 1 nitrogen and oxygen atoms in total. The van der Waals surface area contributed by atoms with Crippen molar-refractivity contribution < 1.29 is 0 Å². The first kappa shape index (κ1) is 34.5. The van der Waals surface area contributed by atoms with Crippen LogP contribution in [0.15, 0.2) is 237 Å². The molecule has 59 heavy (non-hydrogen) atoms. The van der Waals surface area contributed by atoms with Crippen molar-refractivity contribution in [2.45, 2.75) is 0 Å². The molecule has 0 saturated carbocycles. The van der Waals surface area contributed by atoms with E-state index in [9.17, 15) is 0 Å². The van der Waals surface area contributed by atoms with Crippen molar-refractivity contribution in [3.63, 3.8) is 0 Å². The Bertz CT molecular complexity index is 3160. The molecule has 0 aliphatic rings. The topological polar surface area (TPSA) is 3.24 Å². The van der Waals surface area contributed by atoms with Gasteiger partial charge >= 0.3 is 0 Å². The van der Waals surface area contributed by atoms with E-state index >= 15 is 0 Å². The van der Waals surface area contributed by atoms with Crippen LogP contribution in [0.1, 0.15) is 0 Å². The lowest BCUT2D eigenvalue weighted by atomic mass is 9.85. The standard InChI is InChI=1S/C58H39N/c1-3-17-44(18-4-1)57-55-26-12-11-25-53(55)54-38-37-48(39-56(54)58(57)45-19-5-2-6-20-45)59(46-33-29-42(30-34-46)51-27-13-21-40-15-7-9-23-49(40)51)47-35-31-43(32-36-47)52-28-14-22-41-16-8-10-24-50(41)52/h1-39H. The van der Waals surface area contributed by atoms with Gasteiger partial charge in [-0.1, -0.05) is 200 Å². The summed E-state index contributed by atoms with van der Waals surface area (Å²) in [5.41, 5.74) is 13.0. The van der Waals surface area contributed by atoms with E-state index in [1.165, 1.54) is 87.6 Å². The minimum Gasteiger partial charge on any atom is -0.310 e. The molecule has 11 aromatic rings. The number of nitrogens with zero attached hydrogens (tertiary/aromatic N) is 1. The minimum absolute atomic E-state index is 1.09. The third-order valence-electron chi connectivity index (χ3n) is 11.8. The van der Waals surface area contributed by atoms with Gasteiger partial charge in [-0.3, -0.25) is 0 Å². The fraction of sp³-hybridized carbons (Fsp3) is 0. The van der Waals surface area contributed by atoms with E-state index in [-0.39, 0.29) is 0 Å². The van der Waals surface area contributed by atoms with Crippen molar-refractivity contribution >= 4 is 60.2 Å². The van der Waals surface area contributed by atoms with Crippen molar-refractivity contribution in [2.24, 2.45) is 0 Å². The molecular weight excluding hydrogens is 711 g/mol. The number of hydrogen-bond acceptors (Lipinski definition) is 1. The normalized spacial score (nSPS) is 11.4. The Hall–Kier alpha value is -7.74. The maximum atomic E-state index is 2.41. The molecule has 0 aromatic heterocycles. The summed E-state index contributed by atoms with van der Waals surface area (Å²) in [7, 11) is 0. The summed E-state index contributed by atoms with van der Waals surface area (Å²) in [4.78, 5) is 2.41. The van der Waals surface area contributed by atoms with Crippen LogP contribution >= 0.6 is 0 Å². The smallest absolute Gasteiger partial charge is 0.0468 e. The highest BCUT2D eigenvalue weighted by Crippen LogP contribution is 2.47. The predicted molar refractivity (Wildman–Crippen MR) is 253 cm³/mol. The Morgan fingerprint density at radius 2 is 0.610 bits per heavy atom. The zero-order chi connectivity index (χ0) is 39.1. The molecule has 276 valence electrons. The Morgan fingerprint density at radius 1 is 0.220 bits per heavy atom. The number of rotatable bonds is 7. The lowest BCUT2D eigenvalue weighted by Gasteiger charge is -2.27. The lowest BCUT2D eigenvalue weighted by Crippen LogP contribution is -2.10. The van der Waals surface area contributed by atoms with Crippen LogP contribution in [-0.2, 0) is 0 Å². The van der Waals surface area contributed by atoms with Crippen molar-refractivity contribution in [3.05, 3.63) is 237 Å². The highest BCUT2D eigenvalue weighted by atomic mass is 15.1. The monoisotopic (exact) mass is 749 g/mol. The van der Waals surface area contributed by atoms with E-state index in [0.717, 1.165) is 17.1 Å². The van der Waals surface area contributed by atoms with Gasteiger partial charge in [0.1, 0.15) is 0 Å². The molecule has 0 amide bonds. The van der Waals surface area contributed by atoms with Crippen molar-refractivity contribution in [2.75, 3.05) is 4.90 Å². The van der Waals surface area contributed by atoms with E-state index in [1.54, 1.807) is 0 Å². The Labute approximate surface area is 344 Å². The first-order valence-electron chi connectivity index (χ1n) is 20.3. The molecule has 0 unspecified atom stereocenters. The van der Waals surface area contributed by atoms with Gasteiger partial charge in [-0.05, 0) is 124 Å². The van der Waals surface area contributed by atoms with Crippen molar-refractivity contribution in [1.29, 1.82) is 0 Å². The molecule has 0 aliphatic carbocycles. The molecular formula is C58H39N. The van der Waals surface area contributed by atoms with Crippen LogP contribution in [0.2, 0.25) is 0 Å². The zero-order valence-corrected chi connectivity index (χ0v) is 32.5. The Balaban J connectivity index is 1.13. The fourth-order valence-electron chi connectivity index (χ4n) is 9.11. The van der Waals surface area contributed by atoms with Gasteiger partial charge in [-0.2, -0.15) is 0 Å². The molecule has 0 spiro atoms. The van der Waals surface area contributed by atoms with Gasteiger partial charge in [0.15, 0.2) is 0 Å². The molecule has 0 atom stereocenters. The number of anilines is 3. The first-order chi connectivity index (χ1) is 29.3. The largest absolute Gasteiger partial charge is 0.310 e. The minimum atomic E-state index is 1.09. The summed E-state index contributed by atoms with van der Waals surface area (Å²) in [6.07, 6.45) is 0. The van der Waals surface area contributed by atoms with E-state index in [4.69, 9.17) is 0 Å². The fourth-order valence-corrected chi connectivity index (χ4v) is 9.11. The summed E-state index contributed by atoms with van der Waals surface area (Å²) in [6.45, 7) is 0. The lowest BCUT2D eigenvalue weighted by molar-refractivity contribution is 1.29. The van der Waals surface area contributed by atoms with Crippen LogP contribution in [-0.4, -0.2) is 0 Å². The molecule has 0 aliphatic heterocycles. The summed E-state index contributed by atoms with van der Waals surface area (Å²) < 4.78 is 0. The Morgan fingerprint density at radius 3 is 1.14 bits per heavy atom. The summed E-state index contributed by atoms with van der Waals surface area (Å²) in [5, 5.41) is 9.96. The van der Waals surface area contributed by atoms with Crippen LogP contribution in [0, 0.1) is 0 Å². The molecule has 0 radical (unpaired) electrons. The van der Waals surface area contributed by atoms with Gasteiger partial charge in [-0.25, -0.2) is 0 Å². The third kappa shape index (κ3) is 6.12. The molecule has 1 heteroatoms. The number of hydrogen-bond donors (Lipinski definition) is 0. The van der Waals surface area contributed by atoms with E-state index in [1.807, 2.05) is 0 Å². The zero-order valence-electron chi connectivity index (χ0n) is 32.5. The third-order valence-corrected chi connectivity index (χ3v) is 11.8. The maximum Gasteiger partial charge on any atom is 0.0468 e. The molecule has 0 fully saturated rings. The summed E-state index contributed by atoms with van der Waals surface area (Å²) >= 11 is 0. The summed E-state index contributed by atoms with van der Waals surface area (Å²) in [5.74, 6) is 0. The number of fused-ring (bicyclic) bond motifs is 5.